The fourth-order valence-electron chi connectivity index (χ4n) is 8.05. The van der Waals surface area contributed by atoms with Crippen LogP contribution in [0.15, 0.2) is 109 Å². The molecule has 0 atom stereocenters. The van der Waals surface area contributed by atoms with E-state index in [-0.39, 0.29) is 21.2 Å². The quantitative estimate of drug-likeness (QED) is 0.127. The van der Waals surface area contributed by atoms with E-state index >= 15 is 0 Å². The van der Waals surface area contributed by atoms with Gasteiger partial charge in [0, 0.05) is 67.6 Å². The van der Waals surface area contributed by atoms with Crippen molar-refractivity contribution in [1.82, 2.24) is 19.9 Å². The molecule has 2 N–H and O–H groups in total. The van der Waals surface area contributed by atoms with Gasteiger partial charge >= 0.3 is 0 Å². The number of rotatable bonds is 6. The van der Waals surface area contributed by atoms with E-state index in [4.69, 9.17) is 9.97 Å². The van der Waals surface area contributed by atoms with Crippen molar-refractivity contribution in [3.8, 4) is 44.5 Å². The third-order valence-electron chi connectivity index (χ3n) is 10.7. The number of nitro groups is 2. The van der Waals surface area contributed by atoms with Crippen molar-refractivity contribution in [3.05, 3.63) is 174 Å². The van der Waals surface area contributed by atoms with Crippen molar-refractivity contribution < 1.29 is 9.85 Å². The molecular weight excluding hydrogens is 725 g/mol. The predicted molar refractivity (Wildman–Crippen MR) is 233 cm³/mol. The highest BCUT2D eigenvalue weighted by Gasteiger charge is 2.21. The Morgan fingerprint density at radius 1 is 0.431 bits per heavy atom. The van der Waals surface area contributed by atoms with Gasteiger partial charge in [0.25, 0.3) is 11.4 Å². The average molecular weight is 761 g/mol. The number of benzene rings is 4. The first-order valence-electron chi connectivity index (χ1n) is 18.8. The number of hydrogen-bond acceptors (Lipinski definition) is 6. The fraction of sp³-hybridized carbons (Fsp3) is 0.0833. The van der Waals surface area contributed by atoms with Crippen LogP contribution in [0.5, 0.6) is 0 Å². The summed E-state index contributed by atoms with van der Waals surface area (Å²) in [5.74, 6) is 0. The summed E-state index contributed by atoms with van der Waals surface area (Å²) in [5.41, 5.74) is 16.2. The van der Waals surface area contributed by atoms with Gasteiger partial charge in [-0.25, -0.2) is 9.97 Å². The van der Waals surface area contributed by atoms with Crippen LogP contribution in [0.2, 0.25) is 0 Å². The second-order valence-corrected chi connectivity index (χ2v) is 14.8. The van der Waals surface area contributed by atoms with Gasteiger partial charge in [0.1, 0.15) is 0 Å². The normalized spacial score (nSPS) is 11.9. The fourth-order valence-corrected chi connectivity index (χ4v) is 8.05. The molecule has 0 saturated carbocycles. The number of nitrogens with zero attached hydrogens (tertiary/aromatic N) is 4. The largest absolute Gasteiger partial charge is 0.354 e. The van der Waals surface area contributed by atoms with Crippen LogP contribution in [-0.2, 0) is 0 Å². The Labute approximate surface area is 333 Å². The standard InChI is InChI=1S/C48H36N6O4/c1-27-7-5-9-31(23-27)45-35-13-14-36(49-35)46(32-10-6-8-28(2)24-32)38-16-18-40(51-38)48(34-12-22-44(54(57)58)30(4)26-34)42-20-19-41(52-42)47(39-17-15-37(45)50-39)33-11-21-43(53(55)56)29(3)25-33/h5-26,49,52H,1-4H3. The smallest absolute Gasteiger partial charge is 0.272 e. The Bertz CT molecular complexity index is 2930. The minimum absolute atomic E-state index is 0.0302. The molecule has 0 amide bonds. The molecule has 2 aliphatic heterocycles. The van der Waals surface area contributed by atoms with Gasteiger partial charge in [-0.1, -0.05) is 59.7 Å². The third kappa shape index (κ3) is 6.36. The van der Waals surface area contributed by atoms with E-state index in [1.54, 1.807) is 26.0 Å². The molecule has 9 rings (SSSR count). The Morgan fingerprint density at radius 2 is 0.759 bits per heavy atom. The topological polar surface area (TPSA) is 144 Å². The average Bonchev–Trinajstić information content (AvgIpc) is 4.03. The molecule has 7 aromatic rings. The molecule has 0 radical (unpaired) electrons. The van der Waals surface area contributed by atoms with Crippen LogP contribution in [0, 0.1) is 47.9 Å². The number of fused-ring (bicyclic) bond motifs is 8. The highest BCUT2D eigenvalue weighted by Crippen LogP contribution is 2.40. The van der Waals surface area contributed by atoms with Crippen LogP contribution in [0.25, 0.3) is 90.9 Å². The molecule has 0 spiro atoms. The summed E-state index contributed by atoms with van der Waals surface area (Å²) in [6.07, 6.45) is 8.00. The lowest BCUT2D eigenvalue weighted by Gasteiger charge is -2.08. The first-order valence-corrected chi connectivity index (χ1v) is 18.8. The maximum absolute atomic E-state index is 11.9. The summed E-state index contributed by atoms with van der Waals surface area (Å²) in [4.78, 5) is 41.0. The van der Waals surface area contributed by atoms with E-state index in [1.165, 1.54) is 12.1 Å². The van der Waals surface area contributed by atoms with Gasteiger partial charge in [0.15, 0.2) is 0 Å². The van der Waals surface area contributed by atoms with Crippen LogP contribution >= 0.6 is 0 Å². The van der Waals surface area contributed by atoms with Crippen molar-refractivity contribution in [1.29, 1.82) is 0 Å². The number of hydrogen-bond donors (Lipinski definition) is 2. The summed E-state index contributed by atoms with van der Waals surface area (Å²) in [7, 11) is 0. The second kappa shape index (κ2) is 14.1. The maximum atomic E-state index is 11.9. The molecule has 8 bridgehead atoms. The number of nitro benzene ring substituents is 2. The van der Waals surface area contributed by atoms with Crippen molar-refractivity contribution >= 4 is 57.7 Å². The zero-order valence-electron chi connectivity index (χ0n) is 32.1. The van der Waals surface area contributed by atoms with Gasteiger partial charge in [-0.05, 0) is 123 Å². The van der Waals surface area contributed by atoms with Crippen molar-refractivity contribution in [2.45, 2.75) is 27.7 Å². The van der Waals surface area contributed by atoms with Gasteiger partial charge < -0.3 is 9.97 Å². The third-order valence-corrected chi connectivity index (χ3v) is 10.7. The molecule has 5 heterocycles. The molecule has 282 valence electrons. The predicted octanol–water partition coefficient (Wildman–Crippen LogP) is 12.4. The molecule has 0 saturated heterocycles. The van der Waals surface area contributed by atoms with Crippen LogP contribution < -0.4 is 0 Å². The lowest BCUT2D eigenvalue weighted by atomic mass is 10.0. The first kappa shape index (κ1) is 35.9. The van der Waals surface area contributed by atoms with Crippen molar-refractivity contribution in [2.75, 3.05) is 0 Å². The molecule has 0 fully saturated rings. The highest BCUT2D eigenvalue weighted by molar-refractivity contribution is 6.00. The van der Waals surface area contributed by atoms with Gasteiger partial charge in [0.05, 0.1) is 32.6 Å². The summed E-state index contributed by atoms with van der Waals surface area (Å²) >= 11 is 0. The molecule has 58 heavy (non-hydrogen) atoms. The van der Waals surface area contributed by atoms with E-state index < -0.39 is 0 Å². The molecule has 3 aromatic heterocycles. The summed E-state index contributed by atoms with van der Waals surface area (Å²) in [5, 5.41) is 23.7. The SMILES string of the molecule is Cc1cccc(-c2c3nc(c(-c4ccc([N+](=O)[O-])c(C)c4)c4ccc([nH]4)c(-c4ccc([N+](=O)[O-])c(C)c4)c4nc(c(-c5cccc(C)c5)c5ccc2[nH]5)C=C4)C=C3)c1. The van der Waals surface area contributed by atoms with Crippen molar-refractivity contribution in [3.63, 3.8) is 0 Å². The number of aromatic nitrogens is 4. The summed E-state index contributed by atoms with van der Waals surface area (Å²) in [6.45, 7) is 7.61. The lowest BCUT2D eigenvalue weighted by molar-refractivity contribution is -0.385. The number of aryl methyl sites for hydroxylation is 4. The Kier molecular flexibility index (Phi) is 8.74. The Balaban J connectivity index is 1.47. The van der Waals surface area contributed by atoms with E-state index in [9.17, 15) is 20.2 Å². The minimum atomic E-state index is -0.377. The molecular formula is C48H36N6O4. The van der Waals surface area contributed by atoms with E-state index in [0.29, 0.717) is 22.5 Å². The second-order valence-electron chi connectivity index (χ2n) is 14.8. The highest BCUT2D eigenvalue weighted by atomic mass is 16.6. The number of H-pyrrole nitrogens is 2. The molecule has 0 aliphatic carbocycles. The zero-order valence-corrected chi connectivity index (χ0v) is 32.1. The van der Waals surface area contributed by atoms with Crippen LogP contribution in [0.1, 0.15) is 45.0 Å². The lowest BCUT2D eigenvalue weighted by Crippen LogP contribution is -1.94. The number of aromatic amines is 2. The van der Waals surface area contributed by atoms with Crippen LogP contribution in [-0.4, -0.2) is 29.8 Å². The monoisotopic (exact) mass is 760 g/mol. The van der Waals surface area contributed by atoms with Gasteiger partial charge in [-0.2, -0.15) is 0 Å². The molecule has 10 heteroatoms. The molecule has 10 nitrogen and oxygen atoms in total. The van der Waals surface area contributed by atoms with Crippen LogP contribution in [0.4, 0.5) is 11.4 Å². The van der Waals surface area contributed by atoms with Gasteiger partial charge in [-0.15, -0.1) is 0 Å². The minimum Gasteiger partial charge on any atom is -0.354 e. The van der Waals surface area contributed by atoms with Crippen LogP contribution in [0.3, 0.4) is 0 Å². The van der Waals surface area contributed by atoms with E-state index in [1.807, 2.05) is 60.7 Å². The van der Waals surface area contributed by atoms with Crippen molar-refractivity contribution in [2.24, 2.45) is 0 Å². The maximum Gasteiger partial charge on any atom is 0.272 e. The number of nitrogens with one attached hydrogen (secondary N) is 2. The van der Waals surface area contributed by atoms with Gasteiger partial charge in [0.2, 0.25) is 0 Å². The van der Waals surface area contributed by atoms with E-state index in [2.05, 4.69) is 72.3 Å². The zero-order chi connectivity index (χ0) is 40.2. The summed E-state index contributed by atoms with van der Waals surface area (Å²) < 4.78 is 0. The van der Waals surface area contributed by atoms with E-state index in [0.717, 1.165) is 89.1 Å². The Morgan fingerprint density at radius 3 is 1.05 bits per heavy atom. The first-order chi connectivity index (χ1) is 28.0. The molecule has 0 unspecified atom stereocenters. The Hall–Kier alpha value is -7.72. The summed E-state index contributed by atoms with van der Waals surface area (Å²) in [6, 6.07) is 35.0. The van der Waals surface area contributed by atoms with Gasteiger partial charge in [-0.3, -0.25) is 20.2 Å². The molecule has 2 aliphatic rings. The molecule has 4 aromatic carbocycles.